The molecule has 3 aromatic carbocycles. The smallest absolute Gasteiger partial charge is 0.369 e. The number of benzene rings is 3. The average molecular weight is 616 g/mol. The molecule has 200 valence electrons. The van der Waals surface area contributed by atoms with Gasteiger partial charge in [0.05, 0.1) is 26.9 Å². The fourth-order valence-electron chi connectivity index (χ4n) is 4.37. The van der Waals surface area contributed by atoms with Crippen molar-refractivity contribution in [3.8, 4) is 0 Å². The van der Waals surface area contributed by atoms with Gasteiger partial charge in [-0.3, -0.25) is 9.59 Å². The highest BCUT2D eigenvalue weighted by molar-refractivity contribution is 6.55. The number of nitrogens with two attached hydrogens (primary N) is 1. The minimum absolute atomic E-state index is 0.0723. The number of alkyl halides is 5. The van der Waals surface area contributed by atoms with Gasteiger partial charge in [0.25, 0.3) is 5.91 Å². The number of halogens is 10. The first-order valence-corrected chi connectivity index (χ1v) is 11.8. The number of nitrogens with one attached hydrogen (secondary N) is 1. The summed E-state index contributed by atoms with van der Waals surface area (Å²) in [6, 6.07) is 6.54. The molecule has 0 radical (unpaired) electrons. The zero-order chi connectivity index (χ0) is 28.4. The number of hydrogen-bond acceptors (Lipinski definition) is 2. The maximum absolute atomic E-state index is 14.1. The zero-order valence-electron chi connectivity index (χ0n) is 18.4. The highest BCUT2D eigenvalue weighted by atomic mass is 35.5. The lowest BCUT2D eigenvalue weighted by Crippen LogP contribution is -2.34. The van der Waals surface area contributed by atoms with Crippen molar-refractivity contribution < 1.29 is 35.9 Å². The Hall–Kier alpha value is -2.66. The molecule has 0 aromatic heterocycles. The quantitative estimate of drug-likeness (QED) is 0.232. The van der Waals surface area contributed by atoms with E-state index in [1.54, 1.807) is 0 Å². The summed E-state index contributed by atoms with van der Waals surface area (Å²) < 4.78 is 80.8. The van der Waals surface area contributed by atoms with Crippen LogP contribution in [0.15, 0.2) is 48.5 Å². The monoisotopic (exact) mass is 614 g/mol. The van der Waals surface area contributed by atoms with E-state index in [-0.39, 0.29) is 10.6 Å². The molecule has 0 heterocycles. The lowest BCUT2D eigenvalue weighted by molar-refractivity contribution is -0.137. The number of rotatable bonds is 5. The molecule has 3 aromatic rings. The number of primary amides is 1. The molecule has 1 aliphatic rings. The maximum Gasteiger partial charge on any atom is 0.417 e. The largest absolute Gasteiger partial charge is 0.417 e. The molecule has 14 heteroatoms. The van der Waals surface area contributed by atoms with Crippen LogP contribution in [0.2, 0.25) is 10.0 Å². The fraction of sp³-hybridized carbons (Fsp3) is 0.167. The van der Waals surface area contributed by atoms with Crippen LogP contribution in [-0.4, -0.2) is 16.1 Å². The van der Waals surface area contributed by atoms with Crippen LogP contribution < -0.4 is 11.1 Å². The van der Waals surface area contributed by atoms with Crippen molar-refractivity contribution in [3.63, 3.8) is 0 Å². The summed E-state index contributed by atoms with van der Waals surface area (Å²) in [5.74, 6) is -6.92. The Balaban J connectivity index is 1.91. The van der Waals surface area contributed by atoms with Gasteiger partial charge in [-0.15, -0.1) is 0 Å². The van der Waals surface area contributed by atoms with E-state index in [1.807, 2.05) is 5.32 Å². The SMILES string of the molecule is NC(=O)C1(c2cc(C(=O)Nc3ccc(F)cc3F)c(Cl)c(C(F)(F)F)c2)C(c2ccc(F)c(Cl)c2)C1(Cl)Cl. The van der Waals surface area contributed by atoms with Crippen LogP contribution in [0.4, 0.5) is 32.0 Å². The third kappa shape index (κ3) is 4.47. The summed E-state index contributed by atoms with van der Waals surface area (Å²) >= 11 is 24.6. The van der Waals surface area contributed by atoms with Gasteiger partial charge >= 0.3 is 6.18 Å². The topological polar surface area (TPSA) is 72.2 Å². The van der Waals surface area contributed by atoms with E-state index in [9.17, 15) is 35.9 Å². The summed E-state index contributed by atoms with van der Waals surface area (Å²) in [5, 5.41) is 0.536. The van der Waals surface area contributed by atoms with Gasteiger partial charge in [-0.1, -0.05) is 52.5 Å². The van der Waals surface area contributed by atoms with Gasteiger partial charge in [-0.05, 0) is 47.5 Å². The van der Waals surface area contributed by atoms with Crippen molar-refractivity contribution in [2.24, 2.45) is 5.73 Å². The molecule has 4 rings (SSSR count). The molecular weight excluding hydrogens is 604 g/mol. The number of hydrogen-bond donors (Lipinski definition) is 2. The van der Waals surface area contributed by atoms with Crippen LogP contribution in [0.1, 0.15) is 33.0 Å². The molecule has 2 amide bonds. The van der Waals surface area contributed by atoms with Crippen LogP contribution in [0, 0.1) is 17.5 Å². The number of amides is 2. The molecule has 1 aliphatic carbocycles. The first kappa shape index (κ1) is 28.4. The standard InChI is InChI=1S/C24H12Cl4F6N2O2/c25-14-5-9(1-3-15(14)30)19-22(21(35)38,23(19,27)28)10-6-12(18(26)13(7-10)24(32,33)34)20(37)36-17-4-2-11(29)8-16(17)31/h1-8,19H,(H2,35,38)(H,36,37). The second-order valence-electron chi connectivity index (χ2n) is 8.36. The Morgan fingerprint density at radius 3 is 2.13 bits per heavy atom. The molecule has 4 nitrogen and oxygen atoms in total. The molecule has 0 aliphatic heterocycles. The summed E-state index contributed by atoms with van der Waals surface area (Å²) in [7, 11) is 0. The molecule has 2 unspecified atom stereocenters. The molecule has 2 atom stereocenters. The zero-order valence-corrected chi connectivity index (χ0v) is 21.4. The predicted octanol–water partition coefficient (Wildman–Crippen LogP) is 7.38. The van der Waals surface area contributed by atoms with E-state index >= 15 is 0 Å². The van der Waals surface area contributed by atoms with Gasteiger partial charge in [0, 0.05) is 12.0 Å². The van der Waals surface area contributed by atoms with Gasteiger partial charge in [-0.25, -0.2) is 13.2 Å². The molecular formula is C24H12Cl4F6N2O2. The summed E-state index contributed by atoms with van der Waals surface area (Å²) in [6.45, 7) is 0. The normalized spacial score (nSPS) is 20.2. The minimum Gasteiger partial charge on any atom is -0.369 e. The molecule has 0 spiro atoms. The number of anilines is 1. The van der Waals surface area contributed by atoms with Crippen LogP contribution >= 0.6 is 46.4 Å². The van der Waals surface area contributed by atoms with Crippen LogP contribution in [0.25, 0.3) is 0 Å². The Morgan fingerprint density at radius 2 is 1.58 bits per heavy atom. The van der Waals surface area contributed by atoms with Gasteiger partial charge in [0.2, 0.25) is 5.91 Å². The van der Waals surface area contributed by atoms with Gasteiger partial charge in [-0.2, -0.15) is 13.2 Å². The van der Waals surface area contributed by atoms with E-state index in [2.05, 4.69) is 0 Å². The van der Waals surface area contributed by atoms with Gasteiger partial charge in [0.1, 0.15) is 27.2 Å². The molecule has 1 saturated carbocycles. The lowest BCUT2D eigenvalue weighted by atomic mass is 9.87. The Kier molecular flexibility index (Phi) is 7.10. The van der Waals surface area contributed by atoms with E-state index < -0.39 is 78.5 Å². The molecule has 0 bridgehead atoms. The highest BCUT2D eigenvalue weighted by Gasteiger charge is 2.81. The van der Waals surface area contributed by atoms with E-state index in [4.69, 9.17) is 52.1 Å². The fourth-order valence-corrected chi connectivity index (χ4v) is 5.95. The van der Waals surface area contributed by atoms with Crippen molar-refractivity contribution in [2.45, 2.75) is 21.8 Å². The lowest BCUT2D eigenvalue weighted by Gasteiger charge is -2.21. The van der Waals surface area contributed by atoms with E-state index in [0.717, 1.165) is 30.3 Å². The molecule has 38 heavy (non-hydrogen) atoms. The molecule has 1 fully saturated rings. The first-order chi connectivity index (χ1) is 17.5. The Bertz CT molecular complexity index is 1500. The summed E-state index contributed by atoms with van der Waals surface area (Å²) in [6.07, 6.45) is -5.15. The third-order valence-electron chi connectivity index (χ3n) is 6.16. The Morgan fingerprint density at radius 1 is 0.921 bits per heavy atom. The van der Waals surface area contributed by atoms with Crippen LogP contribution in [0.3, 0.4) is 0 Å². The first-order valence-electron chi connectivity index (χ1n) is 10.3. The van der Waals surface area contributed by atoms with E-state index in [0.29, 0.717) is 12.1 Å². The number of carbonyl (C=O) groups excluding carboxylic acids is 2. The number of carbonyl (C=O) groups is 2. The van der Waals surface area contributed by atoms with Crippen molar-refractivity contribution in [1.82, 2.24) is 0 Å². The summed E-state index contributed by atoms with van der Waals surface area (Å²) in [5.41, 5.74) is -0.0691. The maximum atomic E-state index is 14.1. The predicted molar refractivity (Wildman–Crippen MR) is 130 cm³/mol. The summed E-state index contributed by atoms with van der Waals surface area (Å²) in [4.78, 5) is 25.7. The van der Waals surface area contributed by atoms with Gasteiger partial charge in [0.15, 0.2) is 0 Å². The van der Waals surface area contributed by atoms with Crippen molar-refractivity contribution >= 4 is 63.9 Å². The molecule has 3 N–H and O–H groups in total. The minimum atomic E-state index is -5.15. The van der Waals surface area contributed by atoms with Crippen LogP contribution in [0.5, 0.6) is 0 Å². The Labute approximate surface area is 230 Å². The highest BCUT2D eigenvalue weighted by Crippen LogP contribution is 2.74. The molecule has 0 saturated heterocycles. The second-order valence-corrected chi connectivity index (χ2v) is 10.5. The van der Waals surface area contributed by atoms with E-state index in [1.165, 1.54) is 6.07 Å². The van der Waals surface area contributed by atoms with Crippen molar-refractivity contribution in [1.29, 1.82) is 0 Å². The van der Waals surface area contributed by atoms with Crippen molar-refractivity contribution in [2.75, 3.05) is 5.32 Å². The average Bonchev–Trinajstić information content (AvgIpc) is 3.34. The third-order valence-corrected chi connectivity index (χ3v) is 7.89. The second kappa shape index (κ2) is 9.51. The van der Waals surface area contributed by atoms with Crippen molar-refractivity contribution in [3.05, 3.63) is 98.3 Å². The van der Waals surface area contributed by atoms with Gasteiger partial charge < -0.3 is 11.1 Å². The van der Waals surface area contributed by atoms with Crippen LogP contribution in [-0.2, 0) is 16.4 Å².